The molecule has 0 saturated heterocycles. The van der Waals surface area contributed by atoms with Crippen molar-refractivity contribution in [3.8, 4) is 0 Å². The van der Waals surface area contributed by atoms with Gasteiger partial charge in [0.05, 0.1) is 51.2 Å². The second kappa shape index (κ2) is 27.3. The Balaban J connectivity index is 0.000000248. The molecule has 2 N–H and O–H groups in total. The Morgan fingerprint density at radius 2 is 0.663 bits per heavy atom. The zero-order valence-corrected chi connectivity index (χ0v) is 48.7. The van der Waals surface area contributed by atoms with E-state index in [1.165, 1.54) is 48.8 Å². The van der Waals surface area contributed by atoms with Crippen LogP contribution < -0.4 is 20.3 Å². The maximum atomic E-state index is 4.63. The molecule has 0 amide bonds. The highest BCUT2D eigenvalue weighted by molar-refractivity contribution is 5.79. The third kappa shape index (κ3) is 12.9. The SMILES string of the molecule is C1=Cc2cc3ccc(cc4nc(cc5ccc(cc1n2)[nH]5)C=C4)[nH]3.CCCCCCCCC(c1ccccc1)C(c1ccccc1)(c1ccccc1)N(c1ccccc1)N(c1ccccc1)N(c1ccccc1)N(c1ccccc1)c1ccccc1. The fourth-order valence-corrected chi connectivity index (χ4v) is 12.0. The topological polar surface area (TPSA) is 70.3 Å². The van der Waals surface area contributed by atoms with Crippen LogP contribution in [0.3, 0.4) is 0 Å². The van der Waals surface area contributed by atoms with E-state index in [4.69, 9.17) is 0 Å². The van der Waals surface area contributed by atoms with Crippen molar-refractivity contribution in [2.45, 2.75) is 63.3 Å². The Morgan fingerprint density at radius 1 is 0.337 bits per heavy atom. The molecule has 2 aliphatic rings. The monoisotopic (exact) mass is 1120 g/mol. The van der Waals surface area contributed by atoms with Gasteiger partial charge >= 0.3 is 0 Å². The number of anilines is 5. The molecule has 1 unspecified atom stereocenters. The van der Waals surface area contributed by atoms with E-state index in [0.717, 1.165) is 86.1 Å². The summed E-state index contributed by atoms with van der Waals surface area (Å²) in [6.45, 7) is 2.30. The van der Waals surface area contributed by atoms with Gasteiger partial charge in [-0.15, -0.1) is 0 Å². The third-order valence-corrected chi connectivity index (χ3v) is 15.9. The zero-order chi connectivity index (χ0) is 58.2. The Hall–Kier alpha value is -10.4. The van der Waals surface area contributed by atoms with Crippen LogP contribution >= 0.6 is 0 Å². The molecular weight excluding hydrogens is 1050 g/mol. The van der Waals surface area contributed by atoms with E-state index in [1.54, 1.807) is 0 Å². The summed E-state index contributed by atoms with van der Waals surface area (Å²) in [6.07, 6.45) is 16.4. The highest BCUT2D eigenvalue weighted by atomic mass is 16.0. The summed E-state index contributed by atoms with van der Waals surface area (Å²) in [6, 6.07) is 104. The standard InChI is InChI=1S/C58H58N4.C20H14N4/c1-2-3-4-5-6-31-48-57(49-32-15-7-16-33-49)58(50-34-17-8-18-35-50,51-36-19-9-20-37-51)60(54-42-25-12-26-43-54)62(56-46-29-14-30-47-56)61(55-44-27-13-28-45-55)59(52-38-21-10-22-39-52)53-40-23-11-24-41-53;1-2-14-10-16-5-6-18(23-16)12-20-8-7-19(24-20)11-17-4-3-15(22-17)9-13(1)21-14/h7-30,32-47,57H,2-6,31,48H2,1H3;1-12,21,24H. The molecule has 8 bridgehead atoms. The lowest BCUT2D eigenvalue weighted by Crippen LogP contribution is -2.67. The van der Waals surface area contributed by atoms with Gasteiger partial charge in [-0.3, -0.25) is 0 Å². The third-order valence-electron chi connectivity index (χ3n) is 15.9. The maximum Gasteiger partial charge on any atom is 0.120 e. The number of H-pyrrole nitrogens is 2. The lowest BCUT2D eigenvalue weighted by atomic mass is 9.67. The fourth-order valence-electron chi connectivity index (χ4n) is 12.0. The van der Waals surface area contributed by atoms with Crippen LogP contribution in [0.5, 0.6) is 0 Å². The van der Waals surface area contributed by atoms with Gasteiger partial charge in [0.2, 0.25) is 0 Å². The fraction of sp³-hybridized carbons (Fsp3) is 0.128. The smallest absolute Gasteiger partial charge is 0.120 e. The predicted octanol–water partition coefficient (Wildman–Crippen LogP) is 20.2. The highest BCUT2D eigenvalue weighted by Crippen LogP contribution is 2.54. The molecule has 3 aromatic heterocycles. The average molecular weight is 1120 g/mol. The number of benzene rings is 8. The average Bonchev–Trinajstić information content (AvgIpc) is 1.10. The first kappa shape index (κ1) is 56.1. The number of hydrogen-bond donors (Lipinski definition) is 2. The molecule has 0 fully saturated rings. The molecular formula is C78H72N8. The molecule has 13 rings (SSSR count). The number of aromatic nitrogens is 4. The summed E-state index contributed by atoms with van der Waals surface area (Å²) in [7, 11) is 0. The van der Waals surface area contributed by atoms with E-state index in [2.05, 4.69) is 314 Å². The number of para-hydroxylation sites is 5. The minimum Gasteiger partial charge on any atom is -0.355 e. The van der Waals surface area contributed by atoms with E-state index < -0.39 is 5.54 Å². The Bertz CT molecular complexity index is 3860. The molecule has 0 saturated carbocycles. The number of rotatable bonds is 20. The number of hydrogen-bond acceptors (Lipinski definition) is 6. The van der Waals surface area contributed by atoms with Gasteiger partial charge < -0.3 is 9.97 Å². The molecule has 0 spiro atoms. The molecule has 2 aliphatic heterocycles. The Morgan fingerprint density at radius 3 is 1.06 bits per heavy atom. The summed E-state index contributed by atoms with van der Waals surface area (Å²) in [5.74, 6) is -0.00869. The van der Waals surface area contributed by atoms with Crippen LogP contribution in [0.15, 0.2) is 291 Å². The van der Waals surface area contributed by atoms with Crippen molar-refractivity contribution in [2.75, 3.05) is 20.3 Å². The summed E-state index contributed by atoms with van der Waals surface area (Å²) in [5, 5.41) is 9.79. The van der Waals surface area contributed by atoms with Gasteiger partial charge in [-0.25, -0.2) is 20.0 Å². The van der Waals surface area contributed by atoms with E-state index in [0.29, 0.717) is 0 Å². The van der Waals surface area contributed by atoms with Crippen LogP contribution in [-0.4, -0.2) is 19.9 Å². The summed E-state index contributed by atoms with van der Waals surface area (Å²) in [4.78, 5) is 16.0. The second-order valence-electron chi connectivity index (χ2n) is 21.8. The van der Waals surface area contributed by atoms with Crippen molar-refractivity contribution in [2.24, 2.45) is 0 Å². The molecule has 424 valence electrons. The van der Waals surface area contributed by atoms with E-state index in [-0.39, 0.29) is 5.92 Å². The minimum atomic E-state index is -0.823. The van der Waals surface area contributed by atoms with E-state index in [9.17, 15) is 0 Å². The normalized spacial score (nSPS) is 12.0. The predicted molar refractivity (Wildman–Crippen MR) is 361 cm³/mol. The highest BCUT2D eigenvalue weighted by Gasteiger charge is 2.52. The second-order valence-corrected chi connectivity index (χ2v) is 21.8. The molecule has 0 radical (unpaired) electrons. The van der Waals surface area contributed by atoms with Crippen LogP contribution in [0.1, 0.15) is 97.3 Å². The number of hydrazine groups is 3. The lowest BCUT2D eigenvalue weighted by molar-refractivity contribution is 0.343. The number of fused-ring (bicyclic) bond motifs is 8. The van der Waals surface area contributed by atoms with Crippen LogP contribution in [0, 0.1) is 0 Å². The van der Waals surface area contributed by atoms with Gasteiger partial charge in [-0.2, -0.15) is 10.2 Å². The molecule has 11 aromatic rings. The van der Waals surface area contributed by atoms with Crippen molar-refractivity contribution >= 4 is 74.8 Å². The first-order valence-corrected chi connectivity index (χ1v) is 30.3. The van der Waals surface area contributed by atoms with Crippen LogP contribution in [0.2, 0.25) is 0 Å². The summed E-state index contributed by atoms with van der Waals surface area (Å²) < 4.78 is 0. The Labute approximate surface area is 506 Å². The van der Waals surface area contributed by atoms with Gasteiger partial charge in [-0.1, -0.05) is 227 Å². The number of nitrogens with one attached hydrogen (secondary N) is 2. The number of aromatic amines is 2. The molecule has 8 heteroatoms. The van der Waals surface area contributed by atoms with Crippen LogP contribution in [0.25, 0.3) is 46.4 Å². The van der Waals surface area contributed by atoms with Crippen molar-refractivity contribution in [1.82, 2.24) is 19.9 Å². The molecule has 8 nitrogen and oxygen atoms in total. The molecule has 1 atom stereocenters. The lowest BCUT2D eigenvalue weighted by Gasteiger charge is -2.58. The van der Waals surface area contributed by atoms with Gasteiger partial charge in [0.25, 0.3) is 0 Å². The quantitative estimate of drug-likeness (QED) is 0.0585. The summed E-state index contributed by atoms with van der Waals surface area (Å²) in [5.41, 5.74) is 15.8. The van der Waals surface area contributed by atoms with Crippen molar-refractivity contribution in [3.63, 3.8) is 0 Å². The van der Waals surface area contributed by atoms with Crippen LogP contribution in [0.4, 0.5) is 28.4 Å². The molecule has 0 aliphatic carbocycles. The van der Waals surface area contributed by atoms with Crippen LogP contribution in [-0.2, 0) is 5.54 Å². The number of nitrogens with zero attached hydrogens (tertiary/aromatic N) is 6. The van der Waals surface area contributed by atoms with Crippen molar-refractivity contribution < 1.29 is 0 Å². The Kier molecular flexibility index (Phi) is 17.8. The van der Waals surface area contributed by atoms with E-state index in [1.807, 2.05) is 48.6 Å². The molecule has 5 heterocycles. The van der Waals surface area contributed by atoms with Crippen molar-refractivity contribution in [1.29, 1.82) is 0 Å². The van der Waals surface area contributed by atoms with E-state index >= 15 is 0 Å². The maximum absolute atomic E-state index is 4.63. The summed E-state index contributed by atoms with van der Waals surface area (Å²) >= 11 is 0. The van der Waals surface area contributed by atoms with Gasteiger partial charge in [0.15, 0.2) is 0 Å². The number of unbranched alkanes of at least 4 members (excludes halogenated alkanes) is 5. The zero-order valence-electron chi connectivity index (χ0n) is 48.7. The van der Waals surface area contributed by atoms with Gasteiger partial charge in [0.1, 0.15) is 5.54 Å². The van der Waals surface area contributed by atoms with Gasteiger partial charge in [0, 0.05) is 28.0 Å². The van der Waals surface area contributed by atoms with Gasteiger partial charge in [-0.05, 0) is 157 Å². The van der Waals surface area contributed by atoms with Crippen molar-refractivity contribution in [3.05, 3.63) is 331 Å². The molecule has 8 aromatic carbocycles. The molecule has 86 heavy (non-hydrogen) atoms. The minimum absolute atomic E-state index is 0.00869. The first-order chi connectivity index (χ1) is 42.6. The largest absolute Gasteiger partial charge is 0.355 e. The first-order valence-electron chi connectivity index (χ1n) is 30.3.